The van der Waals surface area contributed by atoms with Crippen LogP contribution in [0.4, 0.5) is 11.4 Å². The minimum atomic E-state index is -4.52. The molecule has 1 unspecified atom stereocenters. The van der Waals surface area contributed by atoms with E-state index in [1.807, 2.05) is 37.3 Å². The Morgan fingerprint density at radius 3 is 2.33 bits per heavy atom. The van der Waals surface area contributed by atoms with Crippen molar-refractivity contribution in [3.8, 4) is 0 Å². The van der Waals surface area contributed by atoms with Crippen LogP contribution < -0.4 is 10.2 Å². The van der Waals surface area contributed by atoms with Crippen LogP contribution in [0.15, 0.2) is 92.4 Å². The predicted molar refractivity (Wildman–Crippen MR) is 239 cm³/mol. The summed E-state index contributed by atoms with van der Waals surface area (Å²) in [5.74, 6) is -1.22. The number of carboxylic acid groups (broad SMARTS) is 2. The number of anilines is 1. The van der Waals surface area contributed by atoms with Gasteiger partial charge in [-0.25, -0.2) is 5.26 Å². The molecular formula is C44H55ClN2O13S3. The second-order valence-corrected chi connectivity index (χ2v) is 19.8. The number of carbonyl (C=O) groups is 2. The summed E-state index contributed by atoms with van der Waals surface area (Å²) in [7, 11) is -4.52. The van der Waals surface area contributed by atoms with Crippen molar-refractivity contribution in [2.45, 2.75) is 125 Å². The van der Waals surface area contributed by atoms with Crippen LogP contribution >= 0.6 is 35.7 Å². The maximum absolute atomic E-state index is 12.4. The second kappa shape index (κ2) is 23.1. The van der Waals surface area contributed by atoms with Crippen molar-refractivity contribution in [2.75, 3.05) is 23.7 Å². The minimum absolute atomic E-state index is 0.0468. The number of aliphatic carboxylic acids is 2. The summed E-state index contributed by atoms with van der Waals surface area (Å²) in [6.07, 6.45) is 15.8. The third-order valence-electron chi connectivity index (χ3n) is 11.9. The lowest BCUT2D eigenvalue weighted by Crippen LogP contribution is -2.29. The average Bonchev–Trinajstić information content (AvgIpc) is 3.59. The smallest absolute Gasteiger partial charge is 0.303 e. The summed E-state index contributed by atoms with van der Waals surface area (Å²) in [5, 5.41) is 45.5. The Kier molecular flexibility index (Phi) is 18.5. The third-order valence-corrected chi connectivity index (χ3v) is 14.4. The monoisotopic (exact) mass is 950 g/mol. The number of allylic oxidation sites excluding steroid dienone is 8. The van der Waals surface area contributed by atoms with Gasteiger partial charge in [0.1, 0.15) is 6.54 Å². The van der Waals surface area contributed by atoms with E-state index in [9.17, 15) is 32.9 Å². The first-order valence-corrected chi connectivity index (χ1v) is 24.3. The quantitative estimate of drug-likeness (QED) is 0.0182. The SMILES string of the molecule is CC1(C)C(/C=C/C2=C(Cl)C(=C/C=C3\N(CCCSOOO)c4ccc(S(=O)(=O)O)cc4C3(C)CCCCCC(=O)O)/CCC2)=[N+](CCCCCC(=O)O)c2ccc(SOO[O-])cc21. The minimum Gasteiger partial charge on any atom is -0.691 e. The van der Waals surface area contributed by atoms with E-state index >= 15 is 0 Å². The first kappa shape index (κ1) is 50.5. The van der Waals surface area contributed by atoms with E-state index in [1.165, 1.54) is 12.1 Å². The molecule has 0 aromatic heterocycles. The third kappa shape index (κ3) is 12.8. The van der Waals surface area contributed by atoms with Crippen LogP contribution in [0, 0.1) is 0 Å². The van der Waals surface area contributed by atoms with E-state index in [4.69, 9.17) is 22.0 Å². The fraction of sp³-hybridized carbons (Fsp3) is 0.477. The molecule has 3 aliphatic rings. The maximum Gasteiger partial charge on any atom is 0.303 e. The van der Waals surface area contributed by atoms with Crippen molar-refractivity contribution < 1.29 is 66.6 Å². The van der Waals surface area contributed by atoms with Gasteiger partial charge in [-0.3, -0.25) is 19.2 Å². The molecule has 0 spiro atoms. The molecule has 1 atom stereocenters. The lowest BCUT2D eigenvalue weighted by atomic mass is 9.77. The van der Waals surface area contributed by atoms with Gasteiger partial charge in [0.15, 0.2) is 5.71 Å². The Hall–Kier alpha value is -3.53. The molecule has 2 aliphatic heterocycles. The Morgan fingerprint density at radius 1 is 0.921 bits per heavy atom. The molecule has 0 bridgehead atoms. The zero-order valence-electron chi connectivity index (χ0n) is 35.5. The molecule has 0 amide bonds. The molecule has 19 heteroatoms. The first-order chi connectivity index (χ1) is 30.0. The highest BCUT2D eigenvalue weighted by atomic mass is 35.5. The van der Waals surface area contributed by atoms with Crippen LogP contribution in [-0.4, -0.2) is 69.5 Å². The molecule has 4 N–H and O–H groups in total. The predicted octanol–water partition coefficient (Wildman–Crippen LogP) is 9.50. The zero-order valence-corrected chi connectivity index (χ0v) is 38.8. The highest BCUT2D eigenvalue weighted by molar-refractivity contribution is 7.94. The molecule has 344 valence electrons. The van der Waals surface area contributed by atoms with Crippen molar-refractivity contribution in [1.82, 2.24) is 0 Å². The normalized spacial score (nSPS) is 19.8. The van der Waals surface area contributed by atoms with Crippen molar-refractivity contribution in [3.05, 3.63) is 93.7 Å². The number of hydrogen-bond acceptors (Lipinski definition) is 13. The summed E-state index contributed by atoms with van der Waals surface area (Å²) in [4.78, 5) is 25.0. The molecule has 0 saturated carbocycles. The van der Waals surface area contributed by atoms with Gasteiger partial charge in [0.25, 0.3) is 10.1 Å². The topological polar surface area (TPSA) is 215 Å². The summed E-state index contributed by atoms with van der Waals surface area (Å²) >= 11 is 9.04. The molecule has 2 aromatic carbocycles. The standard InChI is InChI=1S/C44H55ClN2O13S3/c1-43(2)34-28-32(62-60-58-53)18-20-36(34)46(25-9-5-7-15-41(50)51)38(43)22-16-30-12-10-13-31(42(30)45)17-23-39-44(3,24-8-4-6-14-40(48)49)35-29-33(63(54,55)56)19-21-37(35)47(39)26-11-27-61-59-57-52/h16-23,28-29H,4-15,24-27H2,1-3H3,(H4-,48,49,50,51,52,53,54,55,56). The number of rotatable bonds is 25. The van der Waals surface area contributed by atoms with Gasteiger partial charge in [-0.05, 0) is 125 Å². The number of unbranched alkanes of at least 4 members (excludes halogenated alkanes) is 4. The van der Waals surface area contributed by atoms with Crippen molar-refractivity contribution in [3.63, 3.8) is 0 Å². The molecule has 2 heterocycles. The van der Waals surface area contributed by atoms with Gasteiger partial charge in [0, 0.05) is 88.0 Å². The Balaban J connectivity index is 1.53. The van der Waals surface area contributed by atoms with Crippen LogP contribution in [0.3, 0.4) is 0 Å². The van der Waals surface area contributed by atoms with Gasteiger partial charge in [0.05, 0.1) is 22.4 Å². The van der Waals surface area contributed by atoms with Crippen molar-refractivity contribution >= 4 is 74.8 Å². The zero-order chi connectivity index (χ0) is 45.8. The van der Waals surface area contributed by atoms with E-state index in [2.05, 4.69) is 54.2 Å². The van der Waals surface area contributed by atoms with E-state index in [0.717, 1.165) is 94.8 Å². The van der Waals surface area contributed by atoms with Crippen LogP contribution in [-0.2, 0) is 49.3 Å². The highest BCUT2D eigenvalue weighted by Crippen LogP contribution is 2.52. The van der Waals surface area contributed by atoms with Gasteiger partial charge in [-0.15, -0.1) is 4.33 Å². The average molecular weight is 952 g/mol. The summed E-state index contributed by atoms with van der Waals surface area (Å²) < 4.78 is 46.3. The molecule has 0 radical (unpaired) electrons. The Morgan fingerprint density at radius 2 is 1.65 bits per heavy atom. The van der Waals surface area contributed by atoms with Crippen LogP contribution in [0.25, 0.3) is 0 Å². The summed E-state index contributed by atoms with van der Waals surface area (Å²) in [6.45, 7) is 7.45. The number of carboxylic acids is 2. The fourth-order valence-corrected chi connectivity index (χ4v) is 10.3. The number of benzene rings is 2. The lowest BCUT2D eigenvalue weighted by molar-refractivity contribution is -0.777. The maximum atomic E-state index is 12.4. The van der Waals surface area contributed by atoms with Crippen LogP contribution in [0.2, 0.25) is 0 Å². The van der Waals surface area contributed by atoms with Crippen LogP contribution in [0.1, 0.15) is 115 Å². The van der Waals surface area contributed by atoms with Crippen molar-refractivity contribution in [2.24, 2.45) is 0 Å². The van der Waals surface area contributed by atoms with E-state index in [0.29, 0.717) is 73.7 Å². The Labute approximate surface area is 382 Å². The second-order valence-electron chi connectivity index (χ2n) is 16.4. The van der Waals surface area contributed by atoms with E-state index in [1.54, 1.807) is 6.07 Å². The van der Waals surface area contributed by atoms with Crippen LogP contribution in [0.5, 0.6) is 0 Å². The van der Waals surface area contributed by atoms with Gasteiger partial charge < -0.3 is 20.4 Å². The molecule has 0 fully saturated rings. The van der Waals surface area contributed by atoms with Gasteiger partial charge >= 0.3 is 11.9 Å². The number of fused-ring (bicyclic) bond motifs is 2. The summed E-state index contributed by atoms with van der Waals surface area (Å²) in [6, 6.07) is 10.4. The van der Waals surface area contributed by atoms with Gasteiger partial charge in [-0.1, -0.05) is 41.6 Å². The molecular weight excluding hydrogens is 896 g/mol. The largest absolute Gasteiger partial charge is 0.691 e. The Bertz CT molecular complexity index is 2260. The van der Waals surface area contributed by atoms with Gasteiger partial charge in [-0.2, -0.15) is 17.3 Å². The molecule has 5 rings (SSSR count). The number of nitrogens with zero attached hydrogens (tertiary/aromatic N) is 2. The number of hydrogen-bond donors (Lipinski definition) is 4. The lowest BCUT2D eigenvalue weighted by Gasteiger charge is -2.31. The first-order valence-electron chi connectivity index (χ1n) is 20.9. The molecule has 63 heavy (non-hydrogen) atoms. The van der Waals surface area contributed by atoms with Crippen molar-refractivity contribution in [1.29, 1.82) is 0 Å². The van der Waals surface area contributed by atoms with E-state index in [-0.39, 0.29) is 17.7 Å². The molecule has 15 nitrogen and oxygen atoms in total. The van der Waals surface area contributed by atoms with E-state index < -0.39 is 32.9 Å². The summed E-state index contributed by atoms with van der Waals surface area (Å²) in [5.41, 5.74) is 6.14. The molecule has 0 saturated heterocycles. The van der Waals surface area contributed by atoms with Gasteiger partial charge in [0.2, 0.25) is 5.69 Å². The molecule has 2 aromatic rings. The molecule has 1 aliphatic carbocycles. The highest BCUT2D eigenvalue weighted by Gasteiger charge is 2.45. The fourth-order valence-electron chi connectivity index (χ4n) is 8.76. The number of halogens is 1.